The molecule has 10 heteroatoms. The minimum atomic E-state index is -4.28. The van der Waals surface area contributed by atoms with Gasteiger partial charge in [0, 0.05) is 64.0 Å². The summed E-state index contributed by atoms with van der Waals surface area (Å²) in [6.45, 7) is 5.55. The SMILES string of the molecule is Cc1ccc(S(=O)(=O)n2c(C(=O)/C(C#N)=C/N(C)C)cc3cc(CN4CCN(C)CC4)c(F)cc32)cc1. The third-order valence-electron chi connectivity index (χ3n) is 6.46. The Morgan fingerprint density at radius 2 is 1.76 bits per heavy atom. The van der Waals surface area contributed by atoms with Crippen LogP contribution in [0, 0.1) is 24.1 Å². The van der Waals surface area contributed by atoms with E-state index in [2.05, 4.69) is 9.80 Å². The minimum Gasteiger partial charge on any atom is -0.382 e. The molecule has 1 aromatic heterocycles. The van der Waals surface area contributed by atoms with Gasteiger partial charge in [-0.05, 0) is 44.3 Å². The Morgan fingerprint density at radius 3 is 2.35 bits per heavy atom. The summed E-state index contributed by atoms with van der Waals surface area (Å²) >= 11 is 0. The molecule has 37 heavy (non-hydrogen) atoms. The number of allylic oxidation sites excluding steroid dienone is 1. The Kier molecular flexibility index (Phi) is 7.50. The molecule has 1 saturated heterocycles. The van der Waals surface area contributed by atoms with Gasteiger partial charge < -0.3 is 9.80 Å². The van der Waals surface area contributed by atoms with Crippen LogP contribution in [0.5, 0.6) is 0 Å². The molecular formula is C27H30FN5O3S. The molecule has 0 bridgehead atoms. The van der Waals surface area contributed by atoms with E-state index in [1.54, 1.807) is 32.3 Å². The maximum absolute atomic E-state index is 15.4. The van der Waals surface area contributed by atoms with Crippen LogP contribution in [0.3, 0.4) is 0 Å². The van der Waals surface area contributed by atoms with Gasteiger partial charge in [-0.1, -0.05) is 17.7 Å². The second-order valence-corrected chi connectivity index (χ2v) is 11.4. The number of hydrogen-bond acceptors (Lipinski definition) is 7. The number of halogens is 1. The Labute approximate surface area is 216 Å². The van der Waals surface area contributed by atoms with Crippen molar-refractivity contribution in [2.75, 3.05) is 47.3 Å². The van der Waals surface area contributed by atoms with E-state index in [0.717, 1.165) is 35.7 Å². The number of Topliss-reactive ketones (excluding diaryl/α,β-unsaturated/α-hetero) is 1. The summed E-state index contributed by atoms with van der Waals surface area (Å²) in [4.78, 5) is 19.3. The summed E-state index contributed by atoms with van der Waals surface area (Å²) in [5.41, 5.74) is 0.886. The highest BCUT2D eigenvalue weighted by Gasteiger charge is 2.29. The third-order valence-corrected chi connectivity index (χ3v) is 8.20. The molecule has 1 fully saturated rings. The van der Waals surface area contributed by atoms with Gasteiger partial charge in [0.05, 0.1) is 10.4 Å². The topological polar surface area (TPSA) is 89.6 Å². The van der Waals surface area contributed by atoms with E-state index in [1.165, 1.54) is 35.4 Å². The second kappa shape index (κ2) is 10.5. The molecule has 0 atom stereocenters. The number of piperazine rings is 1. The normalized spacial score (nSPS) is 15.6. The molecule has 0 saturated carbocycles. The number of ketones is 1. The lowest BCUT2D eigenvalue weighted by Gasteiger charge is -2.32. The van der Waals surface area contributed by atoms with Crippen molar-refractivity contribution < 1.29 is 17.6 Å². The molecular weight excluding hydrogens is 493 g/mol. The lowest BCUT2D eigenvalue weighted by Crippen LogP contribution is -2.44. The molecule has 0 amide bonds. The Balaban J connectivity index is 1.89. The molecule has 1 aliphatic rings. The standard InChI is InChI=1S/C27H30FN5O3S/c1-19-5-7-23(8-6-19)37(35,36)33-25-15-24(28)21(18-32-11-9-31(4)10-12-32)13-20(25)14-26(33)27(34)22(16-29)17-30(2)3/h5-8,13-15,17H,9-12,18H2,1-4H3/b22-17+. The van der Waals surface area contributed by atoms with Gasteiger partial charge in [-0.15, -0.1) is 0 Å². The number of aryl methyl sites for hydroxylation is 1. The molecule has 0 spiro atoms. The zero-order chi connectivity index (χ0) is 26.9. The molecule has 0 unspecified atom stereocenters. The number of carbonyl (C=O) groups is 1. The predicted molar refractivity (Wildman–Crippen MR) is 140 cm³/mol. The average molecular weight is 524 g/mol. The molecule has 4 rings (SSSR count). The number of carbonyl (C=O) groups excluding carboxylic acids is 1. The highest BCUT2D eigenvalue weighted by molar-refractivity contribution is 7.90. The number of fused-ring (bicyclic) bond motifs is 1. The number of likely N-dealkylation sites (N-methyl/N-ethyl adjacent to an activating group) is 1. The largest absolute Gasteiger partial charge is 0.382 e. The first-order valence-corrected chi connectivity index (χ1v) is 13.4. The van der Waals surface area contributed by atoms with Crippen LogP contribution >= 0.6 is 0 Å². The summed E-state index contributed by atoms with van der Waals surface area (Å²) < 4.78 is 43.8. The van der Waals surface area contributed by atoms with Crippen LogP contribution in [0.1, 0.15) is 21.6 Å². The van der Waals surface area contributed by atoms with Crippen LogP contribution in [-0.2, 0) is 16.6 Å². The van der Waals surface area contributed by atoms with Crippen LogP contribution in [0.25, 0.3) is 10.9 Å². The van der Waals surface area contributed by atoms with Crippen LogP contribution in [-0.4, -0.2) is 80.2 Å². The van der Waals surface area contributed by atoms with Gasteiger partial charge in [-0.2, -0.15) is 5.26 Å². The Bertz CT molecular complexity index is 1510. The fraction of sp³-hybridized carbons (Fsp3) is 0.333. The van der Waals surface area contributed by atoms with Crippen molar-refractivity contribution in [3.05, 3.63) is 76.9 Å². The van der Waals surface area contributed by atoms with E-state index < -0.39 is 21.6 Å². The molecule has 2 aromatic carbocycles. The van der Waals surface area contributed by atoms with Crippen LogP contribution in [0.15, 0.2) is 59.1 Å². The third kappa shape index (κ3) is 5.44. The fourth-order valence-electron chi connectivity index (χ4n) is 4.39. The van der Waals surface area contributed by atoms with Crippen LogP contribution in [0.2, 0.25) is 0 Å². The molecule has 0 radical (unpaired) electrons. The molecule has 3 aromatic rings. The number of aromatic nitrogens is 1. The Hall–Kier alpha value is -3.52. The van der Waals surface area contributed by atoms with Gasteiger partial charge in [-0.25, -0.2) is 16.8 Å². The number of hydrogen-bond donors (Lipinski definition) is 0. The molecule has 194 valence electrons. The highest BCUT2D eigenvalue weighted by Crippen LogP contribution is 2.30. The van der Waals surface area contributed by atoms with Crippen molar-refractivity contribution in [3.8, 4) is 6.07 Å². The molecule has 1 aliphatic heterocycles. The first-order chi connectivity index (χ1) is 17.5. The Morgan fingerprint density at radius 1 is 1.11 bits per heavy atom. The fourth-order valence-corrected chi connectivity index (χ4v) is 5.89. The molecule has 8 nitrogen and oxygen atoms in total. The zero-order valence-electron chi connectivity index (χ0n) is 21.4. The maximum atomic E-state index is 15.4. The first-order valence-electron chi connectivity index (χ1n) is 11.9. The molecule has 0 N–H and O–H groups in total. The number of benzene rings is 2. The first kappa shape index (κ1) is 26.5. The lowest BCUT2D eigenvalue weighted by molar-refractivity contribution is 0.103. The van der Waals surface area contributed by atoms with Crippen molar-refractivity contribution in [1.82, 2.24) is 18.7 Å². The van der Waals surface area contributed by atoms with E-state index in [-0.39, 0.29) is 21.7 Å². The number of nitriles is 1. The summed E-state index contributed by atoms with van der Waals surface area (Å²) in [6.07, 6.45) is 1.34. The molecule has 0 aliphatic carbocycles. The van der Waals surface area contributed by atoms with E-state index in [0.29, 0.717) is 17.5 Å². The number of nitrogens with zero attached hydrogens (tertiary/aromatic N) is 5. The average Bonchev–Trinajstić information content (AvgIpc) is 3.22. The maximum Gasteiger partial charge on any atom is 0.268 e. The van der Waals surface area contributed by atoms with E-state index >= 15 is 4.39 Å². The van der Waals surface area contributed by atoms with Gasteiger partial charge in [0.15, 0.2) is 0 Å². The summed E-state index contributed by atoms with van der Waals surface area (Å²) in [5, 5.41) is 10.0. The second-order valence-electron chi connectivity index (χ2n) is 9.64. The zero-order valence-corrected chi connectivity index (χ0v) is 22.2. The molecule has 2 heterocycles. The van der Waals surface area contributed by atoms with Crippen molar-refractivity contribution >= 4 is 26.7 Å². The van der Waals surface area contributed by atoms with E-state index in [4.69, 9.17) is 0 Å². The summed E-state index contributed by atoms with van der Waals surface area (Å²) in [7, 11) is 1.07. The van der Waals surface area contributed by atoms with Gasteiger partial charge >= 0.3 is 0 Å². The van der Waals surface area contributed by atoms with Crippen LogP contribution in [0.4, 0.5) is 4.39 Å². The van der Waals surface area contributed by atoms with Crippen molar-refractivity contribution in [3.63, 3.8) is 0 Å². The monoisotopic (exact) mass is 523 g/mol. The summed E-state index contributed by atoms with van der Waals surface area (Å²) in [5.74, 6) is -1.31. The van der Waals surface area contributed by atoms with Gasteiger partial charge in [-0.3, -0.25) is 9.69 Å². The van der Waals surface area contributed by atoms with Gasteiger partial charge in [0.2, 0.25) is 5.78 Å². The van der Waals surface area contributed by atoms with Gasteiger partial charge in [0.25, 0.3) is 10.0 Å². The predicted octanol–water partition coefficient (Wildman–Crippen LogP) is 3.23. The van der Waals surface area contributed by atoms with Crippen molar-refractivity contribution in [1.29, 1.82) is 5.26 Å². The summed E-state index contributed by atoms with van der Waals surface area (Å²) in [6, 6.07) is 12.3. The highest BCUT2D eigenvalue weighted by atomic mass is 32.2. The van der Waals surface area contributed by atoms with E-state index in [9.17, 15) is 18.5 Å². The minimum absolute atomic E-state index is 0.0401. The van der Waals surface area contributed by atoms with E-state index in [1.807, 2.05) is 20.0 Å². The van der Waals surface area contributed by atoms with Crippen LogP contribution < -0.4 is 0 Å². The smallest absolute Gasteiger partial charge is 0.268 e. The number of rotatable bonds is 7. The quantitative estimate of drug-likeness (QED) is 0.267. The van der Waals surface area contributed by atoms with Crippen molar-refractivity contribution in [2.24, 2.45) is 0 Å². The lowest BCUT2D eigenvalue weighted by atomic mass is 10.1. The van der Waals surface area contributed by atoms with Gasteiger partial charge in [0.1, 0.15) is 23.2 Å². The van der Waals surface area contributed by atoms with Crippen molar-refractivity contribution in [2.45, 2.75) is 18.4 Å².